The van der Waals surface area contributed by atoms with Crippen LogP contribution in [0.3, 0.4) is 0 Å². The molecule has 2 unspecified atom stereocenters. The normalized spacial score (nSPS) is 27.6. The molecule has 0 aromatic rings. The van der Waals surface area contributed by atoms with Gasteiger partial charge in [-0.1, -0.05) is 12.8 Å². The molecule has 2 aliphatic rings. The number of morpholine rings is 1. The maximum absolute atomic E-state index is 11.3. The van der Waals surface area contributed by atoms with E-state index in [2.05, 4.69) is 17.1 Å². The molecule has 5 heteroatoms. The molecule has 2 atom stereocenters. The Morgan fingerprint density at radius 2 is 2.22 bits per heavy atom. The minimum Gasteiger partial charge on any atom is -0.374 e. The minimum absolute atomic E-state index is 0.165. The number of hydrogen-bond donors (Lipinski definition) is 2. The van der Waals surface area contributed by atoms with Crippen LogP contribution in [0.15, 0.2) is 0 Å². The van der Waals surface area contributed by atoms with Crippen molar-refractivity contribution in [2.75, 3.05) is 26.2 Å². The van der Waals surface area contributed by atoms with Crippen LogP contribution in [0.5, 0.6) is 0 Å². The van der Waals surface area contributed by atoms with Gasteiger partial charge < -0.3 is 15.8 Å². The SMILES string of the molecule is CC(C1CNCCO1)N(CC(N)=O)C1CCCC1. The summed E-state index contributed by atoms with van der Waals surface area (Å²) < 4.78 is 5.81. The van der Waals surface area contributed by atoms with Crippen LogP contribution in [0.25, 0.3) is 0 Å². The van der Waals surface area contributed by atoms with E-state index in [1.54, 1.807) is 0 Å². The van der Waals surface area contributed by atoms with Crippen molar-refractivity contribution in [2.24, 2.45) is 5.73 Å². The summed E-state index contributed by atoms with van der Waals surface area (Å²) in [4.78, 5) is 13.5. The Morgan fingerprint density at radius 3 is 2.78 bits per heavy atom. The third-order valence-electron chi connectivity index (χ3n) is 4.15. The van der Waals surface area contributed by atoms with Crippen LogP contribution in [0.4, 0.5) is 0 Å². The highest BCUT2D eigenvalue weighted by molar-refractivity contribution is 5.76. The highest BCUT2D eigenvalue weighted by Crippen LogP contribution is 2.26. The zero-order chi connectivity index (χ0) is 13.0. The van der Waals surface area contributed by atoms with E-state index in [4.69, 9.17) is 10.5 Å². The molecule has 0 spiro atoms. The van der Waals surface area contributed by atoms with Crippen LogP contribution in [0, 0.1) is 0 Å². The van der Waals surface area contributed by atoms with Gasteiger partial charge in [-0.15, -0.1) is 0 Å². The van der Waals surface area contributed by atoms with Crippen LogP contribution in [0.2, 0.25) is 0 Å². The summed E-state index contributed by atoms with van der Waals surface area (Å²) in [6.45, 7) is 5.04. The Morgan fingerprint density at radius 1 is 1.50 bits per heavy atom. The fourth-order valence-electron chi connectivity index (χ4n) is 3.13. The predicted molar refractivity (Wildman–Crippen MR) is 70.2 cm³/mol. The topological polar surface area (TPSA) is 67.6 Å². The van der Waals surface area contributed by atoms with E-state index in [-0.39, 0.29) is 18.1 Å². The lowest BCUT2D eigenvalue weighted by atomic mass is 10.1. The second kappa shape index (κ2) is 6.50. The van der Waals surface area contributed by atoms with Gasteiger partial charge in [0.05, 0.1) is 19.3 Å². The molecule has 1 aliphatic heterocycles. The zero-order valence-corrected chi connectivity index (χ0v) is 11.2. The first-order chi connectivity index (χ1) is 8.68. The van der Waals surface area contributed by atoms with E-state index in [1.165, 1.54) is 25.7 Å². The average molecular weight is 255 g/mol. The zero-order valence-electron chi connectivity index (χ0n) is 11.2. The van der Waals surface area contributed by atoms with Gasteiger partial charge in [0.1, 0.15) is 0 Å². The largest absolute Gasteiger partial charge is 0.374 e. The van der Waals surface area contributed by atoms with Gasteiger partial charge in [0.25, 0.3) is 0 Å². The smallest absolute Gasteiger partial charge is 0.231 e. The number of rotatable bonds is 5. The van der Waals surface area contributed by atoms with Crippen molar-refractivity contribution in [3.05, 3.63) is 0 Å². The van der Waals surface area contributed by atoms with Gasteiger partial charge in [-0.05, 0) is 19.8 Å². The molecule has 2 rings (SSSR count). The molecule has 1 saturated carbocycles. The van der Waals surface area contributed by atoms with E-state index in [0.717, 1.165) is 19.7 Å². The van der Waals surface area contributed by atoms with Crippen molar-refractivity contribution < 1.29 is 9.53 Å². The summed E-state index contributed by atoms with van der Waals surface area (Å²) >= 11 is 0. The number of carbonyl (C=O) groups excluding carboxylic acids is 1. The molecule has 2 fully saturated rings. The quantitative estimate of drug-likeness (QED) is 0.731. The first-order valence-electron chi connectivity index (χ1n) is 7.05. The Hall–Kier alpha value is -0.650. The molecule has 1 heterocycles. The van der Waals surface area contributed by atoms with E-state index >= 15 is 0 Å². The molecule has 0 radical (unpaired) electrons. The molecule has 0 aromatic heterocycles. The van der Waals surface area contributed by atoms with Crippen molar-refractivity contribution in [2.45, 2.75) is 50.8 Å². The fraction of sp³-hybridized carbons (Fsp3) is 0.923. The van der Waals surface area contributed by atoms with Crippen molar-refractivity contribution in [3.63, 3.8) is 0 Å². The van der Waals surface area contributed by atoms with E-state index in [9.17, 15) is 4.79 Å². The maximum atomic E-state index is 11.3. The Labute approximate surface area is 109 Å². The molecule has 18 heavy (non-hydrogen) atoms. The Balaban J connectivity index is 1.98. The van der Waals surface area contributed by atoms with Crippen LogP contribution < -0.4 is 11.1 Å². The van der Waals surface area contributed by atoms with Crippen molar-refractivity contribution in [1.29, 1.82) is 0 Å². The van der Waals surface area contributed by atoms with Crippen LogP contribution in [0.1, 0.15) is 32.6 Å². The molecule has 1 amide bonds. The summed E-state index contributed by atoms with van der Waals surface area (Å²) in [6.07, 6.45) is 5.04. The van der Waals surface area contributed by atoms with Crippen LogP contribution in [-0.4, -0.2) is 55.2 Å². The van der Waals surface area contributed by atoms with Crippen LogP contribution in [-0.2, 0) is 9.53 Å². The van der Waals surface area contributed by atoms with E-state index < -0.39 is 0 Å². The maximum Gasteiger partial charge on any atom is 0.231 e. The van der Waals surface area contributed by atoms with Crippen molar-refractivity contribution in [3.8, 4) is 0 Å². The van der Waals surface area contributed by atoms with Crippen LogP contribution >= 0.6 is 0 Å². The lowest BCUT2D eigenvalue weighted by Crippen LogP contribution is -2.55. The molecule has 5 nitrogen and oxygen atoms in total. The van der Waals surface area contributed by atoms with Crippen molar-refractivity contribution >= 4 is 5.91 Å². The molecular weight excluding hydrogens is 230 g/mol. The van der Waals surface area contributed by atoms with Gasteiger partial charge in [0.15, 0.2) is 0 Å². The number of ether oxygens (including phenoxy) is 1. The summed E-state index contributed by atoms with van der Waals surface area (Å²) in [5.41, 5.74) is 5.39. The van der Waals surface area contributed by atoms with Gasteiger partial charge in [0.2, 0.25) is 5.91 Å². The highest BCUT2D eigenvalue weighted by Gasteiger charge is 2.32. The molecule has 1 aliphatic carbocycles. The number of hydrogen-bond acceptors (Lipinski definition) is 4. The number of primary amides is 1. The molecule has 0 aromatic carbocycles. The van der Waals surface area contributed by atoms with Gasteiger partial charge in [-0.2, -0.15) is 0 Å². The first-order valence-corrected chi connectivity index (χ1v) is 7.05. The fourth-order valence-corrected chi connectivity index (χ4v) is 3.13. The summed E-state index contributed by atoms with van der Waals surface area (Å²) in [7, 11) is 0. The third kappa shape index (κ3) is 3.43. The number of nitrogens with two attached hydrogens (primary N) is 1. The van der Waals surface area contributed by atoms with Gasteiger partial charge >= 0.3 is 0 Å². The molecular formula is C13H25N3O2. The van der Waals surface area contributed by atoms with E-state index in [0.29, 0.717) is 12.6 Å². The molecule has 3 N–H and O–H groups in total. The third-order valence-corrected chi connectivity index (χ3v) is 4.15. The summed E-state index contributed by atoms with van der Waals surface area (Å²) in [5, 5.41) is 3.35. The van der Waals surface area contributed by atoms with Gasteiger partial charge in [-0.3, -0.25) is 9.69 Å². The number of nitrogens with one attached hydrogen (secondary N) is 1. The lowest BCUT2D eigenvalue weighted by molar-refractivity contribution is -0.121. The monoisotopic (exact) mass is 255 g/mol. The van der Waals surface area contributed by atoms with Crippen molar-refractivity contribution in [1.82, 2.24) is 10.2 Å². The van der Waals surface area contributed by atoms with E-state index in [1.807, 2.05) is 0 Å². The second-order valence-corrected chi connectivity index (χ2v) is 5.43. The predicted octanol–water partition coefficient (Wildman–Crippen LogP) is 0.0932. The Bertz CT molecular complexity index is 273. The Kier molecular flexibility index (Phi) is 4.97. The summed E-state index contributed by atoms with van der Waals surface area (Å²) in [6, 6.07) is 0.742. The second-order valence-electron chi connectivity index (χ2n) is 5.43. The molecule has 0 bridgehead atoms. The molecule has 1 saturated heterocycles. The first kappa shape index (κ1) is 13.8. The lowest BCUT2D eigenvalue weighted by Gasteiger charge is -2.39. The number of amides is 1. The summed E-state index contributed by atoms with van der Waals surface area (Å²) in [5.74, 6) is -0.238. The number of carbonyl (C=O) groups is 1. The standard InChI is InChI=1S/C13H25N3O2/c1-10(12-8-15-6-7-18-12)16(9-13(14)17)11-4-2-3-5-11/h10-12,15H,2-9H2,1H3,(H2,14,17). The van der Waals surface area contributed by atoms with Gasteiger partial charge in [0, 0.05) is 25.2 Å². The minimum atomic E-state index is -0.238. The highest BCUT2D eigenvalue weighted by atomic mass is 16.5. The van der Waals surface area contributed by atoms with Gasteiger partial charge in [-0.25, -0.2) is 0 Å². The number of nitrogens with zero attached hydrogens (tertiary/aromatic N) is 1. The average Bonchev–Trinajstić information content (AvgIpc) is 2.89. The molecule has 104 valence electrons.